The average Bonchev–Trinajstić information content (AvgIpc) is 3.08. The molecule has 0 fully saturated rings. The number of nitrogens with zero attached hydrogens (tertiary/aromatic N) is 2. The molecule has 11 heteroatoms. The minimum absolute atomic E-state index is 0.0679. The van der Waals surface area contributed by atoms with Gasteiger partial charge in [-0.3, -0.25) is 4.99 Å². The molecule has 0 aliphatic heterocycles. The van der Waals surface area contributed by atoms with Crippen LogP contribution < -0.4 is 4.98 Å². The molecule has 1 aromatic heterocycles. The Balaban J connectivity index is 0.000000878. The van der Waals surface area contributed by atoms with E-state index in [1.54, 1.807) is 30.5 Å². The van der Waals surface area contributed by atoms with Crippen LogP contribution in [-0.2, 0) is 29.4 Å². The standard InChI is InChI=1S/C17H9F6N2.2ClH.Ti/c18-16(19,20)12-6-13(17(21,22)23)8-14(7-12)25-9-11-3-1-2-10-4-5-24-15(10)11;;;/h1-9H;2*1H;/q-1;;;+2/p-2. The molecule has 0 aliphatic rings. The van der Waals surface area contributed by atoms with Gasteiger partial charge in [0, 0.05) is 6.21 Å². The van der Waals surface area contributed by atoms with Gasteiger partial charge in [0.2, 0.25) is 0 Å². The number of fused-ring (bicyclic) bond motifs is 1. The molecule has 3 aromatic rings. The summed E-state index contributed by atoms with van der Waals surface area (Å²) in [5.74, 6) is 0. The van der Waals surface area contributed by atoms with Crippen LogP contribution in [0.5, 0.6) is 0 Å². The fourth-order valence-electron chi connectivity index (χ4n) is 2.32. The molecule has 0 aliphatic carbocycles. The monoisotopic (exact) mass is 473 g/mol. The summed E-state index contributed by atoms with van der Waals surface area (Å²) in [6.07, 6.45) is -7.06. The number of aliphatic imine (C=N–C) groups is 1. The predicted molar refractivity (Wildman–Crippen MR) is 92.7 cm³/mol. The van der Waals surface area contributed by atoms with Crippen molar-refractivity contribution in [1.29, 1.82) is 0 Å². The van der Waals surface area contributed by atoms with E-state index in [1.165, 1.54) is 6.21 Å². The number of hydrogen-bond acceptors (Lipinski definition) is 1. The molecule has 0 saturated heterocycles. The molecule has 0 radical (unpaired) electrons. The molecule has 0 unspecified atom stereocenters. The van der Waals surface area contributed by atoms with Gasteiger partial charge in [0.1, 0.15) is 0 Å². The Morgan fingerprint density at radius 1 is 0.893 bits per heavy atom. The van der Waals surface area contributed by atoms with Crippen molar-refractivity contribution in [3.05, 3.63) is 65.4 Å². The van der Waals surface area contributed by atoms with E-state index >= 15 is 0 Å². The molecule has 0 spiro atoms. The summed E-state index contributed by atoms with van der Waals surface area (Å²) < 4.78 is 77.0. The molecule has 0 amide bonds. The van der Waals surface area contributed by atoms with Crippen LogP contribution in [0.3, 0.4) is 0 Å². The van der Waals surface area contributed by atoms with Crippen molar-refractivity contribution in [2.24, 2.45) is 4.99 Å². The van der Waals surface area contributed by atoms with Crippen LogP contribution in [0.4, 0.5) is 32.0 Å². The van der Waals surface area contributed by atoms with E-state index in [-0.39, 0.29) is 6.07 Å². The normalized spacial score (nSPS) is 12.1. The van der Waals surface area contributed by atoms with Gasteiger partial charge < -0.3 is 4.98 Å². The number of aromatic nitrogens is 1. The number of hydrogen-bond donors (Lipinski definition) is 0. The van der Waals surface area contributed by atoms with Gasteiger partial charge in [-0.15, -0.1) is 5.52 Å². The summed E-state index contributed by atoms with van der Waals surface area (Å²) in [6.45, 7) is 0. The van der Waals surface area contributed by atoms with Crippen LogP contribution in [0.2, 0.25) is 0 Å². The van der Waals surface area contributed by atoms with Crippen LogP contribution in [0.15, 0.2) is 53.7 Å². The SMILES string of the molecule is FC(F)(F)c1cc(N=Cc2cccc3cc[n-]c23)cc(C(F)(F)F)c1.[Cl][Ti][Cl]. The van der Waals surface area contributed by atoms with Crippen molar-refractivity contribution in [2.75, 3.05) is 0 Å². The maximum atomic E-state index is 12.8. The zero-order valence-electron chi connectivity index (χ0n) is 13.6. The first-order valence-electron chi connectivity index (χ1n) is 7.36. The fraction of sp³-hybridized carbons (Fsp3) is 0.118. The number of alkyl halides is 6. The second-order valence-electron chi connectivity index (χ2n) is 5.32. The van der Waals surface area contributed by atoms with Crippen LogP contribution >= 0.6 is 18.6 Å². The van der Waals surface area contributed by atoms with Crippen LogP contribution in [0.1, 0.15) is 16.7 Å². The second kappa shape index (κ2) is 9.35. The average molecular weight is 474 g/mol. The van der Waals surface area contributed by atoms with Gasteiger partial charge in [-0.2, -0.15) is 32.5 Å². The Labute approximate surface area is 172 Å². The Hall–Kier alpha value is -1.48. The Kier molecular flexibility index (Phi) is 7.62. The van der Waals surface area contributed by atoms with E-state index in [9.17, 15) is 26.3 Å². The third-order valence-corrected chi connectivity index (χ3v) is 3.48. The zero-order valence-corrected chi connectivity index (χ0v) is 16.7. The van der Waals surface area contributed by atoms with Gasteiger partial charge in [-0.05, 0) is 29.1 Å². The molecule has 2 aromatic carbocycles. The number of halogens is 8. The third kappa shape index (κ3) is 6.01. The van der Waals surface area contributed by atoms with E-state index in [2.05, 4.69) is 9.98 Å². The molecule has 0 bridgehead atoms. The second-order valence-corrected chi connectivity index (χ2v) is 7.90. The molecule has 0 atom stereocenters. The topological polar surface area (TPSA) is 26.5 Å². The quantitative estimate of drug-likeness (QED) is 0.224. The van der Waals surface area contributed by atoms with Crippen molar-refractivity contribution < 1.29 is 43.4 Å². The van der Waals surface area contributed by atoms with Crippen molar-refractivity contribution in [1.82, 2.24) is 4.98 Å². The Morgan fingerprint density at radius 3 is 2.00 bits per heavy atom. The van der Waals surface area contributed by atoms with Crippen LogP contribution in [-0.4, -0.2) is 6.21 Å². The van der Waals surface area contributed by atoms with Crippen molar-refractivity contribution in [3.8, 4) is 0 Å². The number of para-hydroxylation sites is 1. The van der Waals surface area contributed by atoms with Crippen LogP contribution in [0, 0.1) is 0 Å². The molecular weight excluding hydrogens is 465 g/mol. The van der Waals surface area contributed by atoms with Gasteiger partial charge in [0.15, 0.2) is 0 Å². The molecule has 28 heavy (non-hydrogen) atoms. The Bertz CT molecular complexity index is 934. The van der Waals surface area contributed by atoms with Gasteiger partial charge >= 0.3 is 48.0 Å². The third-order valence-electron chi connectivity index (χ3n) is 3.48. The predicted octanol–water partition coefficient (Wildman–Crippen LogP) is 6.96. The summed E-state index contributed by atoms with van der Waals surface area (Å²) in [4.78, 5) is 7.88. The van der Waals surface area contributed by atoms with E-state index in [0.29, 0.717) is 23.2 Å². The molecular formula is C17H9Cl2F6N2Ti-. The fourth-order valence-corrected chi connectivity index (χ4v) is 2.32. The zero-order chi connectivity index (χ0) is 20.9. The first kappa shape index (κ1) is 22.8. The Morgan fingerprint density at radius 2 is 1.46 bits per heavy atom. The van der Waals surface area contributed by atoms with Crippen molar-refractivity contribution in [3.63, 3.8) is 0 Å². The van der Waals surface area contributed by atoms with Crippen LogP contribution in [0.25, 0.3) is 10.9 Å². The molecule has 1 heterocycles. The van der Waals surface area contributed by atoms with E-state index < -0.39 is 46.2 Å². The molecule has 3 rings (SSSR count). The summed E-state index contributed by atoms with van der Waals surface area (Å²) in [7, 11) is 9.78. The first-order valence-corrected chi connectivity index (χ1v) is 11.7. The molecule has 0 N–H and O–H groups in total. The van der Waals surface area contributed by atoms with Crippen molar-refractivity contribution >= 4 is 41.4 Å². The summed E-state index contributed by atoms with van der Waals surface area (Å²) in [5, 5.41) is 0.795. The van der Waals surface area contributed by atoms with E-state index in [0.717, 1.165) is 5.39 Å². The van der Waals surface area contributed by atoms with Gasteiger partial charge in [-0.25, -0.2) is 0 Å². The maximum absolute atomic E-state index is 12.8. The van der Waals surface area contributed by atoms with Crippen molar-refractivity contribution in [2.45, 2.75) is 12.4 Å². The minimum atomic E-state index is -4.90. The summed E-state index contributed by atoms with van der Waals surface area (Å²) >= 11 is -0.556. The summed E-state index contributed by atoms with van der Waals surface area (Å²) in [5.41, 5.74) is -2.19. The molecule has 148 valence electrons. The van der Waals surface area contributed by atoms with Gasteiger partial charge in [0.25, 0.3) is 0 Å². The number of rotatable bonds is 2. The van der Waals surface area contributed by atoms with E-state index in [4.69, 9.17) is 18.6 Å². The number of benzene rings is 2. The van der Waals surface area contributed by atoms with Gasteiger partial charge in [0.05, 0.1) is 16.8 Å². The molecule has 2 nitrogen and oxygen atoms in total. The van der Waals surface area contributed by atoms with E-state index in [1.807, 2.05) is 0 Å². The van der Waals surface area contributed by atoms with Gasteiger partial charge in [-0.1, -0.05) is 24.3 Å². The summed E-state index contributed by atoms with van der Waals surface area (Å²) in [6, 6.07) is 8.05. The first-order chi connectivity index (χ1) is 13.1. The molecule has 0 saturated carbocycles.